The van der Waals surface area contributed by atoms with Crippen LogP contribution in [-0.2, 0) is 9.53 Å². The van der Waals surface area contributed by atoms with E-state index in [1.165, 1.54) is 0 Å². The van der Waals surface area contributed by atoms with Gasteiger partial charge < -0.3 is 25.3 Å². The number of nitrogens with one attached hydrogen (secondary N) is 1. The largest absolute Gasteiger partial charge is 0.497 e. The molecule has 3 N–H and O–H groups in total. The van der Waals surface area contributed by atoms with Gasteiger partial charge in [0.2, 0.25) is 5.91 Å². The zero-order valence-corrected chi connectivity index (χ0v) is 14.0. The van der Waals surface area contributed by atoms with Crippen LogP contribution in [0.5, 0.6) is 11.5 Å². The van der Waals surface area contributed by atoms with Gasteiger partial charge in [0.15, 0.2) is 0 Å². The summed E-state index contributed by atoms with van der Waals surface area (Å²) in [7, 11) is 3.21. The lowest BCUT2D eigenvalue weighted by molar-refractivity contribution is -0.125. The van der Waals surface area contributed by atoms with Gasteiger partial charge in [0.1, 0.15) is 11.5 Å². The third-order valence-corrected chi connectivity index (χ3v) is 4.34. The summed E-state index contributed by atoms with van der Waals surface area (Å²) < 4.78 is 15.9. The predicted octanol–water partition coefficient (Wildman–Crippen LogP) is 1.63. The second-order valence-corrected chi connectivity index (χ2v) is 5.81. The maximum absolute atomic E-state index is 12.4. The molecule has 2 atom stereocenters. The molecule has 0 aliphatic carbocycles. The second-order valence-electron chi connectivity index (χ2n) is 5.81. The minimum absolute atomic E-state index is 0.144. The SMILES string of the molecule is COc1ccc(OC)c(C(C)NC(=O)C(N)C2CCOCC2)c1. The van der Waals surface area contributed by atoms with Crippen molar-refractivity contribution in [3.8, 4) is 11.5 Å². The number of benzene rings is 1. The Morgan fingerprint density at radius 1 is 1.30 bits per heavy atom. The number of hydrogen-bond donors (Lipinski definition) is 2. The lowest BCUT2D eigenvalue weighted by atomic mass is 9.91. The Balaban J connectivity index is 2.05. The first kappa shape index (κ1) is 17.6. The Labute approximate surface area is 137 Å². The van der Waals surface area contributed by atoms with Crippen molar-refractivity contribution in [1.82, 2.24) is 5.32 Å². The molecule has 23 heavy (non-hydrogen) atoms. The molecule has 1 heterocycles. The van der Waals surface area contributed by atoms with Gasteiger partial charge >= 0.3 is 0 Å². The van der Waals surface area contributed by atoms with E-state index >= 15 is 0 Å². The Morgan fingerprint density at radius 3 is 2.61 bits per heavy atom. The van der Waals surface area contributed by atoms with E-state index in [-0.39, 0.29) is 17.9 Å². The van der Waals surface area contributed by atoms with Crippen LogP contribution in [0.4, 0.5) is 0 Å². The molecule has 0 radical (unpaired) electrons. The van der Waals surface area contributed by atoms with E-state index < -0.39 is 6.04 Å². The standard InChI is InChI=1S/C17H26N2O4/c1-11(14-10-13(21-2)4-5-15(14)22-3)19-17(20)16(18)12-6-8-23-9-7-12/h4-5,10-12,16H,6-9,18H2,1-3H3,(H,19,20). The molecule has 1 amide bonds. The molecular formula is C17H26N2O4. The number of nitrogens with two attached hydrogens (primary N) is 1. The highest BCUT2D eigenvalue weighted by Crippen LogP contribution is 2.29. The van der Waals surface area contributed by atoms with Gasteiger partial charge in [-0.1, -0.05) is 0 Å². The fraction of sp³-hybridized carbons (Fsp3) is 0.588. The van der Waals surface area contributed by atoms with E-state index in [4.69, 9.17) is 19.9 Å². The van der Waals surface area contributed by atoms with E-state index in [1.807, 2.05) is 25.1 Å². The average molecular weight is 322 g/mol. The van der Waals surface area contributed by atoms with Crippen molar-refractivity contribution in [3.63, 3.8) is 0 Å². The van der Waals surface area contributed by atoms with Gasteiger partial charge in [-0.25, -0.2) is 0 Å². The number of methoxy groups -OCH3 is 2. The van der Waals surface area contributed by atoms with Crippen LogP contribution in [0.1, 0.15) is 31.4 Å². The molecule has 1 fully saturated rings. The van der Waals surface area contributed by atoms with Gasteiger partial charge in [-0.2, -0.15) is 0 Å². The summed E-state index contributed by atoms with van der Waals surface area (Å²) in [6.07, 6.45) is 1.65. The summed E-state index contributed by atoms with van der Waals surface area (Å²) in [6.45, 7) is 3.25. The van der Waals surface area contributed by atoms with Crippen LogP contribution in [0.25, 0.3) is 0 Å². The van der Waals surface area contributed by atoms with Crippen LogP contribution < -0.4 is 20.5 Å². The first-order valence-electron chi connectivity index (χ1n) is 7.92. The van der Waals surface area contributed by atoms with Gasteiger partial charge in [0, 0.05) is 18.8 Å². The van der Waals surface area contributed by atoms with E-state index in [1.54, 1.807) is 14.2 Å². The smallest absolute Gasteiger partial charge is 0.237 e. The molecule has 1 saturated heterocycles. The highest BCUT2D eigenvalue weighted by molar-refractivity contribution is 5.82. The normalized spacial score (nSPS) is 18.1. The van der Waals surface area contributed by atoms with Crippen LogP contribution >= 0.6 is 0 Å². The van der Waals surface area contributed by atoms with Crippen molar-refractivity contribution in [3.05, 3.63) is 23.8 Å². The zero-order valence-electron chi connectivity index (χ0n) is 14.0. The topological polar surface area (TPSA) is 82.8 Å². The van der Waals surface area contributed by atoms with Gasteiger partial charge in [0.05, 0.1) is 26.3 Å². The number of carbonyl (C=O) groups is 1. The first-order chi connectivity index (χ1) is 11.1. The summed E-state index contributed by atoms with van der Waals surface area (Å²) in [6, 6.07) is 4.78. The summed E-state index contributed by atoms with van der Waals surface area (Å²) in [4.78, 5) is 12.4. The van der Waals surface area contributed by atoms with E-state index in [0.717, 1.165) is 24.2 Å². The fourth-order valence-electron chi connectivity index (χ4n) is 2.85. The molecule has 6 nitrogen and oxygen atoms in total. The van der Waals surface area contributed by atoms with E-state index in [9.17, 15) is 4.79 Å². The van der Waals surface area contributed by atoms with Gasteiger partial charge in [-0.3, -0.25) is 4.79 Å². The molecule has 2 rings (SSSR count). The minimum atomic E-state index is -0.516. The molecule has 2 unspecified atom stereocenters. The lowest BCUT2D eigenvalue weighted by Gasteiger charge is -2.28. The number of carbonyl (C=O) groups excluding carboxylic acids is 1. The molecule has 1 aromatic rings. The van der Waals surface area contributed by atoms with Gasteiger partial charge in [-0.05, 0) is 43.9 Å². The Kier molecular flexibility index (Phi) is 6.24. The summed E-state index contributed by atoms with van der Waals surface area (Å²) in [5.41, 5.74) is 6.98. The number of rotatable bonds is 6. The molecular weight excluding hydrogens is 296 g/mol. The van der Waals surface area contributed by atoms with Crippen LogP contribution in [0.3, 0.4) is 0 Å². The van der Waals surface area contributed by atoms with Crippen molar-refractivity contribution in [2.45, 2.75) is 31.8 Å². The maximum Gasteiger partial charge on any atom is 0.237 e. The quantitative estimate of drug-likeness (QED) is 0.832. The average Bonchev–Trinajstić information content (AvgIpc) is 2.61. The molecule has 1 aromatic carbocycles. The monoisotopic (exact) mass is 322 g/mol. The molecule has 0 spiro atoms. The molecule has 0 saturated carbocycles. The van der Waals surface area contributed by atoms with Crippen molar-refractivity contribution in [2.24, 2.45) is 11.7 Å². The highest BCUT2D eigenvalue weighted by Gasteiger charge is 2.28. The van der Waals surface area contributed by atoms with Crippen LogP contribution in [0, 0.1) is 5.92 Å². The van der Waals surface area contributed by atoms with E-state index in [2.05, 4.69) is 5.32 Å². The van der Waals surface area contributed by atoms with Gasteiger partial charge in [-0.15, -0.1) is 0 Å². The zero-order chi connectivity index (χ0) is 16.8. The van der Waals surface area contributed by atoms with Crippen LogP contribution in [-0.4, -0.2) is 39.4 Å². The molecule has 6 heteroatoms. The molecule has 128 valence electrons. The predicted molar refractivity (Wildman–Crippen MR) is 87.6 cm³/mol. The van der Waals surface area contributed by atoms with Crippen LogP contribution in [0.15, 0.2) is 18.2 Å². The first-order valence-corrected chi connectivity index (χ1v) is 7.92. The number of ether oxygens (including phenoxy) is 3. The number of hydrogen-bond acceptors (Lipinski definition) is 5. The molecule has 0 bridgehead atoms. The lowest BCUT2D eigenvalue weighted by Crippen LogP contribution is -2.47. The Bertz CT molecular complexity index is 529. The Hall–Kier alpha value is -1.79. The fourth-order valence-corrected chi connectivity index (χ4v) is 2.85. The van der Waals surface area contributed by atoms with Crippen LogP contribution in [0.2, 0.25) is 0 Å². The molecule has 1 aliphatic rings. The van der Waals surface area contributed by atoms with Crippen molar-refractivity contribution in [2.75, 3.05) is 27.4 Å². The minimum Gasteiger partial charge on any atom is -0.497 e. The second kappa shape index (κ2) is 8.17. The highest BCUT2D eigenvalue weighted by atomic mass is 16.5. The summed E-state index contributed by atoms with van der Waals surface area (Å²) in [5.74, 6) is 1.45. The van der Waals surface area contributed by atoms with Gasteiger partial charge in [0.25, 0.3) is 0 Å². The third-order valence-electron chi connectivity index (χ3n) is 4.34. The van der Waals surface area contributed by atoms with E-state index in [0.29, 0.717) is 19.0 Å². The van der Waals surface area contributed by atoms with Crippen molar-refractivity contribution < 1.29 is 19.0 Å². The third kappa shape index (κ3) is 4.36. The van der Waals surface area contributed by atoms with Crippen molar-refractivity contribution in [1.29, 1.82) is 0 Å². The molecule has 0 aromatic heterocycles. The maximum atomic E-state index is 12.4. The molecule has 1 aliphatic heterocycles. The Morgan fingerprint density at radius 2 is 2.00 bits per heavy atom. The van der Waals surface area contributed by atoms with Crippen molar-refractivity contribution >= 4 is 5.91 Å². The number of amides is 1. The summed E-state index contributed by atoms with van der Waals surface area (Å²) >= 11 is 0. The summed E-state index contributed by atoms with van der Waals surface area (Å²) in [5, 5.41) is 2.98.